The maximum absolute atomic E-state index is 13.0. The van der Waals surface area contributed by atoms with E-state index < -0.39 is 10.4 Å². The number of benzene rings is 1. The second-order valence-corrected chi connectivity index (χ2v) is 7.48. The first-order valence-electron chi connectivity index (χ1n) is 8.25. The molecule has 1 aliphatic heterocycles. The minimum Gasteiger partial charge on any atom is -0.716 e. The second kappa shape index (κ2) is 8.40. The van der Waals surface area contributed by atoms with Crippen LogP contribution in [0.15, 0.2) is 16.5 Å². The molecule has 3 rings (SSSR count). The summed E-state index contributed by atoms with van der Waals surface area (Å²) in [4.78, 5) is 14.7. The zero-order valence-corrected chi connectivity index (χ0v) is 18.6. The average molecular weight is 405 g/mol. The van der Waals surface area contributed by atoms with Gasteiger partial charge in [-0.2, -0.15) is 0 Å². The molecule has 0 radical (unpaired) electrons. The Balaban J connectivity index is 0.00000261. The van der Waals surface area contributed by atoms with Gasteiger partial charge in [-0.25, -0.2) is 8.42 Å². The van der Waals surface area contributed by atoms with Crippen LogP contribution in [0.25, 0.3) is 11.0 Å². The number of carbonyl (C=O) groups is 1. The normalized spacial score (nSPS) is 15.5. The van der Waals surface area contributed by atoms with Crippen molar-refractivity contribution >= 4 is 27.3 Å². The molecule has 1 aromatic carbocycles. The van der Waals surface area contributed by atoms with Gasteiger partial charge in [-0.1, -0.05) is 6.92 Å². The molecule has 0 N–H and O–H groups in total. The SMILES string of the molecule is COc1cc2oc(C)c(C(=O)N3CCC(C)CC3)c2cc1OS(=O)(=O)[O-].[Na+]. The van der Waals surface area contributed by atoms with Gasteiger partial charge in [-0.15, -0.1) is 0 Å². The Hall–Kier alpha value is -1.26. The van der Waals surface area contributed by atoms with Gasteiger partial charge in [-0.05, 0) is 31.7 Å². The molecule has 1 amide bonds. The van der Waals surface area contributed by atoms with Crippen LogP contribution in [0.1, 0.15) is 35.9 Å². The van der Waals surface area contributed by atoms with E-state index in [0.29, 0.717) is 41.3 Å². The first kappa shape index (κ1) is 22.0. The minimum atomic E-state index is -4.99. The van der Waals surface area contributed by atoms with E-state index in [4.69, 9.17) is 9.15 Å². The third-order valence-electron chi connectivity index (χ3n) is 4.63. The van der Waals surface area contributed by atoms with E-state index in [2.05, 4.69) is 11.1 Å². The zero-order chi connectivity index (χ0) is 19.1. The fraction of sp³-hybridized carbons (Fsp3) is 0.471. The van der Waals surface area contributed by atoms with Gasteiger partial charge in [0.1, 0.15) is 11.3 Å². The fourth-order valence-electron chi connectivity index (χ4n) is 3.20. The molecule has 8 nitrogen and oxygen atoms in total. The molecule has 0 aliphatic carbocycles. The van der Waals surface area contributed by atoms with E-state index in [0.717, 1.165) is 12.8 Å². The minimum absolute atomic E-state index is 0. The number of methoxy groups -OCH3 is 1. The molecule has 27 heavy (non-hydrogen) atoms. The first-order chi connectivity index (χ1) is 12.2. The van der Waals surface area contributed by atoms with Crippen LogP contribution in [-0.2, 0) is 10.4 Å². The molecule has 0 spiro atoms. The van der Waals surface area contributed by atoms with Crippen molar-refractivity contribution < 1.29 is 60.7 Å². The number of furan rings is 1. The summed E-state index contributed by atoms with van der Waals surface area (Å²) in [5.41, 5.74) is 0.689. The Kier molecular flexibility index (Phi) is 6.86. The van der Waals surface area contributed by atoms with Gasteiger partial charge in [0.25, 0.3) is 16.3 Å². The van der Waals surface area contributed by atoms with Crippen LogP contribution in [-0.4, -0.2) is 44.0 Å². The van der Waals surface area contributed by atoms with Crippen molar-refractivity contribution in [2.45, 2.75) is 26.7 Å². The molecule has 0 unspecified atom stereocenters. The van der Waals surface area contributed by atoms with Gasteiger partial charge >= 0.3 is 29.6 Å². The number of piperidine rings is 1. The molecule has 0 atom stereocenters. The monoisotopic (exact) mass is 405 g/mol. The predicted octanol–water partition coefficient (Wildman–Crippen LogP) is -0.535. The Bertz CT molecular complexity index is 946. The molecule has 10 heteroatoms. The van der Waals surface area contributed by atoms with Gasteiger partial charge in [-0.3, -0.25) is 4.79 Å². The molecule has 2 heterocycles. The molecule has 2 aromatic rings. The van der Waals surface area contributed by atoms with Crippen LogP contribution < -0.4 is 38.5 Å². The Morgan fingerprint density at radius 1 is 1.26 bits per heavy atom. The quantitative estimate of drug-likeness (QED) is 0.382. The zero-order valence-electron chi connectivity index (χ0n) is 15.8. The maximum Gasteiger partial charge on any atom is 1.00 e. The largest absolute Gasteiger partial charge is 1.00 e. The summed E-state index contributed by atoms with van der Waals surface area (Å²) < 4.78 is 48.1. The van der Waals surface area contributed by atoms with Gasteiger partial charge in [0.05, 0.1) is 12.7 Å². The van der Waals surface area contributed by atoms with Gasteiger partial charge in [0.15, 0.2) is 11.5 Å². The molecule has 1 fully saturated rings. The number of ether oxygens (including phenoxy) is 1. The topological polar surface area (TPSA) is 109 Å². The Labute approximate surface area is 180 Å². The number of rotatable bonds is 4. The third-order valence-corrected chi connectivity index (χ3v) is 5.01. The van der Waals surface area contributed by atoms with Crippen molar-refractivity contribution in [2.24, 2.45) is 5.92 Å². The summed E-state index contributed by atoms with van der Waals surface area (Å²) in [5.74, 6) is 0.545. The van der Waals surface area contributed by atoms with Crippen molar-refractivity contribution in [3.63, 3.8) is 0 Å². The van der Waals surface area contributed by atoms with Crippen LogP contribution in [0.2, 0.25) is 0 Å². The predicted molar refractivity (Wildman–Crippen MR) is 92.1 cm³/mol. The number of aryl methyl sites for hydroxylation is 1. The van der Waals surface area contributed by atoms with Gasteiger partial charge in [0.2, 0.25) is 0 Å². The van der Waals surface area contributed by atoms with Gasteiger partial charge in [0, 0.05) is 24.5 Å². The molecular formula is C17H20NNaO7S. The Morgan fingerprint density at radius 3 is 2.44 bits per heavy atom. The van der Waals surface area contributed by atoms with Crippen molar-refractivity contribution in [1.29, 1.82) is 0 Å². The number of amides is 1. The number of fused-ring (bicyclic) bond motifs is 1. The van der Waals surface area contributed by atoms with Crippen molar-refractivity contribution in [3.8, 4) is 11.5 Å². The van der Waals surface area contributed by atoms with Crippen molar-refractivity contribution in [3.05, 3.63) is 23.5 Å². The van der Waals surface area contributed by atoms with E-state index >= 15 is 0 Å². The molecule has 1 aliphatic rings. The van der Waals surface area contributed by atoms with E-state index in [-0.39, 0.29) is 47.0 Å². The summed E-state index contributed by atoms with van der Waals surface area (Å²) in [6.07, 6.45) is 1.86. The van der Waals surface area contributed by atoms with E-state index in [9.17, 15) is 17.8 Å². The number of nitrogens with zero attached hydrogens (tertiary/aromatic N) is 1. The van der Waals surface area contributed by atoms with E-state index in [1.54, 1.807) is 11.8 Å². The Morgan fingerprint density at radius 2 is 1.89 bits per heavy atom. The molecule has 1 saturated heterocycles. The smallest absolute Gasteiger partial charge is 0.716 e. The van der Waals surface area contributed by atoms with E-state index in [1.807, 2.05) is 0 Å². The summed E-state index contributed by atoms with van der Waals surface area (Å²) in [6.45, 7) is 5.12. The van der Waals surface area contributed by atoms with E-state index in [1.165, 1.54) is 19.2 Å². The summed E-state index contributed by atoms with van der Waals surface area (Å²) in [5, 5.41) is 0.380. The van der Waals surface area contributed by atoms with Crippen molar-refractivity contribution in [2.75, 3.05) is 20.2 Å². The molecule has 0 saturated carbocycles. The summed E-state index contributed by atoms with van der Waals surface area (Å²) >= 11 is 0. The third kappa shape index (κ3) is 4.78. The van der Waals surface area contributed by atoms with Crippen LogP contribution in [0.4, 0.5) is 0 Å². The van der Waals surface area contributed by atoms with Crippen LogP contribution >= 0.6 is 0 Å². The maximum atomic E-state index is 13.0. The molecule has 0 bridgehead atoms. The summed E-state index contributed by atoms with van der Waals surface area (Å²) in [6, 6.07) is 2.69. The molecule has 1 aromatic heterocycles. The summed E-state index contributed by atoms with van der Waals surface area (Å²) in [7, 11) is -3.68. The first-order valence-corrected chi connectivity index (χ1v) is 9.58. The van der Waals surface area contributed by atoms with Crippen LogP contribution in [0.3, 0.4) is 0 Å². The van der Waals surface area contributed by atoms with Gasteiger partial charge < -0.3 is 22.8 Å². The fourth-order valence-corrected chi connectivity index (χ4v) is 3.55. The molecule has 142 valence electrons. The number of hydrogen-bond donors (Lipinski definition) is 0. The standard InChI is InChI=1S/C17H21NO7S.Na/c1-10-4-6-18(7-5-10)17(19)16-11(2)24-13-9-14(23-3)15(8-12(13)16)25-26(20,21)22;/h8-10H,4-7H2,1-3H3,(H,20,21,22);/q;+1/p-1. The molecular weight excluding hydrogens is 385 g/mol. The average Bonchev–Trinajstić information content (AvgIpc) is 2.87. The van der Waals surface area contributed by atoms with Crippen LogP contribution in [0, 0.1) is 12.8 Å². The van der Waals surface area contributed by atoms with Crippen LogP contribution in [0.5, 0.6) is 11.5 Å². The number of hydrogen-bond acceptors (Lipinski definition) is 7. The number of carbonyl (C=O) groups excluding carboxylic acids is 1. The number of likely N-dealkylation sites (tertiary alicyclic amines) is 1. The van der Waals surface area contributed by atoms with Crippen molar-refractivity contribution in [1.82, 2.24) is 4.90 Å². The second-order valence-electron chi connectivity index (χ2n) is 6.50.